The third-order valence-electron chi connectivity index (χ3n) is 6.99. The minimum atomic E-state index is -0.0277. The van der Waals surface area contributed by atoms with Gasteiger partial charge in [-0.05, 0) is 67.3 Å². The van der Waals surface area contributed by atoms with Crippen molar-refractivity contribution in [1.82, 2.24) is 30.1 Å². The maximum absolute atomic E-state index is 12.9. The Morgan fingerprint density at radius 2 is 1.88 bits per heavy atom. The monoisotopic (exact) mass is 436 g/mol. The number of pyridine rings is 1. The van der Waals surface area contributed by atoms with Crippen LogP contribution >= 0.6 is 0 Å². The van der Waals surface area contributed by atoms with Gasteiger partial charge in [-0.3, -0.25) is 9.69 Å². The molecule has 0 spiro atoms. The highest BCUT2D eigenvalue weighted by molar-refractivity contribution is 5.80. The summed E-state index contributed by atoms with van der Waals surface area (Å²) in [6.07, 6.45) is 9.57. The number of tetrazole rings is 1. The van der Waals surface area contributed by atoms with Gasteiger partial charge in [0, 0.05) is 29.1 Å². The van der Waals surface area contributed by atoms with Gasteiger partial charge in [-0.25, -0.2) is 4.68 Å². The number of aromatic nitrogens is 5. The van der Waals surface area contributed by atoms with Crippen molar-refractivity contribution in [2.24, 2.45) is 0 Å². The second-order valence-corrected chi connectivity index (χ2v) is 9.13. The molecule has 1 aromatic carbocycles. The van der Waals surface area contributed by atoms with Crippen molar-refractivity contribution >= 4 is 10.9 Å². The van der Waals surface area contributed by atoms with Gasteiger partial charge in [0.05, 0.1) is 19.2 Å². The average Bonchev–Trinajstić information content (AvgIpc) is 3.56. The number of benzene rings is 1. The van der Waals surface area contributed by atoms with Crippen LogP contribution in [0.1, 0.15) is 75.7 Å². The number of nitrogens with zero attached hydrogens (tertiary/aromatic N) is 5. The number of nitrogens with one attached hydrogen (secondary N) is 1. The van der Waals surface area contributed by atoms with E-state index in [1.165, 1.54) is 25.7 Å². The summed E-state index contributed by atoms with van der Waals surface area (Å²) in [6.45, 7) is 3.85. The molecule has 5 rings (SSSR count). The molecule has 0 bridgehead atoms. The number of H-pyrrole nitrogens is 1. The molecule has 2 aliphatic carbocycles. The van der Waals surface area contributed by atoms with Crippen LogP contribution in [0.2, 0.25) is 0 Å². The second-order valence-electron chi connectivity index (χ2n) is 9.13. The minimum Gasteiger partial charge on any atom is -0.494 e. The van der Waals surface area contributed by atoms with Crippen LogP contribution in [-0.2, 0) is 13.1 Å². The van der Waals surface area contributed by atoms with Gasteiger partial charge in [0.15, 0.2) is 5.82 Å². The molecule has 2 aromatic heterocycles. The number of ether oxygens (including phenoxy) is 1. The van der Waals surface area contributed by atoms with Crippen molar-refractivity contribution < 1.29 is 4.74 Å². The number of aromatic amines is 1. The maximum Gasteiger partial charge on any atom is 0.252 e. The summed E-state index contributed by atoms with van der Waals surface area (Å²) in [5.74, 6) is 1.74. The Labute approximate surface area is 188 Å². The zero-order valence-corrected chi connectivity index (χ0v) is 18.8. The Balaban J connectivity index is 1.43. The smallest absolute Gasteiger partial charge is 0.252 e. The van der Waals surface area contributed by atoms with Gasteiger partial charge in [-0.15, -0.1) is 5.10 Å². The zero-order valence-electron chi connectivity index (χ0n) is 18.8. The third-order valence-corrected chi connectivity index (χ3v) is 6.99. The molecule has 2 fully saturated rings. The van der Waals surface area contributed by atoms with E-state index in [0.717, 1.165) is 53.7 Å². The van der Waals surface area contributed by atoms with E-state index in [0.29, 0.717) is 31.8 Å². The molecule has 0 atom stereocenters. The molecule has 0 aliphatic heterocycles. The second kappa shape index (κ2) is 9.40. The molecule has 8 heteroatoms. The van der Waals surface area contributed by atoms with E-state index in [2.05, 4.69) is 25.4 Å². The first-order chi connectivity index (χ1) is 15.7. The van der Waals surface area contributed by atoms with Crippen molar-refractivity contribution in [2.75, 3.05) is 6.61 Å². The van der Waals surface area contributed by atoms with E-state index >= 15 is 0 Å². The van der Waals surface area contributed by atoms with Crippen molar-refractivity contribution in [2.45, 2.75) is 83.5 Å². The van der Waals surface area contributed by atoms with E-state index in [9.17, 15) is 4.79 Å². The molecule has 170 valence electrons. The largest absolute Gasteiger partial charge is 0.494 e. The van der Waals surface area contributed by atoms with Crippen LogP contribution in [-0.4, -0.2) is 42.7 Å². The summed E-state index contributed by atoms with van der Waals surface area (Å²) in [5, 5.41) is 13.7. The topological polar surface area (TPSA) is 88.9 Å². The Hall–Kier alpha value is -2.74. The lowest BCUT2D eigenvalue weighted by atomic mass is 10.1. The van der Waals surface area contributed by atoms with E-state index in [1.54, 1.807) is 0 Å². The Morgan fingerprint density at radius 1 is 1.09 bits per heavy atom. The van der Waals surface area contributed by atoms with Gasteiger partial charge >= 0.3 is 0 Å². The number of rotatable bonds is 8. The lowest BCUT2D eigenvalue weighted by molar-refractivity contribution is 0.170. The molecular weight excluding hydrogens is 404 g/mol. The predicted molar refractivity (Wildman–Crippen MR) is 123 cm³/mol. The summed E-state index contributed by atoms with van der Waals surface area (Å²) in [4.78, 5) is 18.4. The van der Waals surface area contributed by atoms with Gasteiger partial charge in [0.1, 0.15) is 5.75 Å². The Bertz CT molecular complexity index is 1110. The molecule has 2 aliphatic rings. The first-order valence-corrected chi connectivity index (χ1v) is 12.0. The van der Waals surface area contributed by atoms with E-state index < -0.39 is 0 Å². The molecule has 8 nitrogen and oxygen atoms in total. The molecule has 2 heterocycles. The molecular formula is C24H32N6O2. The fraction of sp³-hybridized carbons (Fsp3) is 0.583. The maximum atomic E-state index is 12.9. The van der Waals surface area contributed by atoms with Crippen LogP contribution < -0.4 is 10.3 Å². The fourth-order valence-corrected chi connectivity index (χ4v) is 5.34. The van der Waals surface area contributed by atoms with Crippen molar-refractivity contribution in [1.29, 1.82) is 0 Å². The summed E-state index contributed by atoms with van der Waals surface area (Å²) in [7, 11) is 0. The first-order valence-electron chi connectivity index (χ1n) is 12.0. The van der Waals surface area contributed by atoms with E-state index in [-0.39, 0.29) is 5.56 Å². The van der Waals surface area contributed by atoms with Crippen LogP contribution in [0.25, 0.3) is 10.9 Å². The van der Waals surface area contributed by atoms with Gasteiger partial charge in [-0.2, -0.15) is 0 Å². The minimum absolute atomic E-state index is 0.0277. The Kier molecular flexibility index (Phi) is 6.21. The van der Waals surface area contributed by atoms with Crippen molar-refractivity contribution in [3.63, 3.8) is 0 Å². The van der Waals surface area contributed by atoms with Crippen LogP contribution in [0.15, 0.2) is 29.1 Å². The number of hydrogen-bond acceptors (Lipinski definition) is 6. The Morgan fingerprint density at radius 3 is 2.66 bits per heavy atom. The molecule has 0 amide bonds. The highest BCUT2D eigenvalue weighted by Crippen LogP contribution is 2.31. The van der Waals surface area contributed by atoms with Crippen LogP contribution in [0, 0.1) is 0 Å². The standard InChI is InChI=1S/C24H32N6O2/c1-2-32-21-11-12-22-17(14-21)13-18(24(31)25-22)15-29(19-7-3-4-8-19)16-23-26-27-28-30(23)20-9-5-6-10-20/h11-14,19-20H,2-10,15-16H2,1H3,(H,25,31). The normalized spacial score (nSPS) is 17.7. The van der Waals surface area contributed by atoms with Crippen molar-refractivity contribution in [3.8, 4) is 5.75 Å². The molecule has 3 aromatic rings. The summed E-state index contributed by atoms with van der Waals surface area (Å²) in [5.41, 5.74) is 1.58. The molecule has 1 N–H and O–H groups in total. The summed E-state index contributed by atoms with van der Waals surface area (Å²) in [6, 6.07) is 8.68. The van der Waals surface area contributed by atoms with Crippen LogP contribution in [0.3, 0.4) is 0 Å². The van der Waals surface area contributed by atoms with Crippen LogP contribution in [0.5, 0.6) is 5.75 Å². The lowest BCUT2D eigenvalue weighted by Crippen LogP contribution is -2.35. The molecule has 2 saturated carbocycles. The van der Waals surface area contributed by atoms with Gasteiger partial charge in [0.2, 0.25) is 0 Å². The summed E-state index contributed by atoms with van der Waals surface area (Å²) < 4.78 is 7.69. The molecule has 0 radical (unpaired) electrons. The molecule has 0 unspecified atom stereocenters. The highest BCUT2D eigenvalue weighted by atomic mass is 16.5. The van der Waals surface area contributed by atoms with Crippen molar-refractivity contribution in [3.05, 3.63) is 46.0 Å². The quantitative estimate of drug-likeness (QED) is 0.575. The van der Waals surface area contributed by atoms with Gasteiger partial charge in [-0.1, -0.05) is 25.7 Å². The summed E-state index contributed by atoms with van der Waals surface area (Å²) >= 11 is 0. The van der Waals surface area contributed by atoms with E-state index in [1.807, 2.05) is 35.9 Å². The molecule has 32 heavy (non-hydrogen) atoms. The SMILES string of the molecule is CCOc1ccc2[nH]c(=O)c(CN(Cc3nnnn3C3CCCC3)C3CCCC3)cc2c1. The fourth-order valence-electron chi connectivity index (χ4n) is 5.34. The number of hydrogen-bond donors (Lipinski definition) is 1. The predicted octanol–water partition coefficient (Wildman–Crippen LogP) is 3.97. The zero-order chi connectivity index (χ0) is 21.9. The van der Waals surface area contributed by atoms with Crippen LogP contribution in [0.4, 0.5) is 0 Å². The third kappa shape index (κ3) is 4.41. The van der Waals surface area contributed by atoms with Gasteiger partial charge < -0.3 is 9.72 Å². The lowest BCUT2D eigenvalue weighted by Gasteiger charge is -2.28. The van der Waals surface area contributed by atoms with Gasteiger partial charge in [0.25, 0.3) is 5.56 Å². The highest BCUT2D eigenvalue weighted by Gasteiger charge is 2.27. The first kappa shape index (κ1) is 21.1. The molecule has 0 saturated heterocycles. The van der Waals surface area contributed by atoms with E-state index in [4.69, 9.17) is 4.74 Å². The average molecular weight is 437 g/mol. The number of fused-ring (bicyclic) bond motifs is 1.